The minimum atomic E-state index is -0.0233. The molecule has 1 N–H and O–H groups in total. The summed E-state index contributed by atoms with van der Waals surface area (Å²) in [5.41, 5.74) is 0.883. The monoisotopic (exact) mass is 285 g/mol. The van der Waals surface area contributed by atoms with Crippen LogP contribution in [-0.4, -0.2) is 32.0 Å². The van der Waals surface area contributed by atoms with E-state index in [1.54, 1.807) is 20.3 Å². The van der Waals surface area contributed by atoms with Gasteiger partial charge in [-0.05, 0) is 31.0 Å². The molecule has 0 aliphatic rings. The highest BCUT2D eigenvalue weighted by Crippen LogP contribution is 2.27. The maximum atomic E-state index is 11.8. The molecule has 0 heterocycles. The van der Waals surface area contributed by atoms with Crippen LogP contribution in [0.5, 0.6) is 11.5 Å². The van der Waals surface area contributed by atoms with Crippen molar-refractivity contribution in [2.24, 2.45) is 0 Å². The van der Waals surface area contributed by atoms with E-state index in [1.807, 2.05) is 19.1 Å². The van der Waals surface area contributed by atoms with Gasteiger partial charge < -0.3 is 14.8 Å². The van der Waals surface area contributed by atoms with Crippen molar-refractivity contribution in [1.29, 1.82) is 0 Å². The van der Waals surface area contributed by atoms with Crippen LogP contribution in [-0.2, 0) is 11.2 Å². The summed E-state index contributed by atoms with van der Waals surface area (Å²) in [6, 6.07) is 5.55. The number of carbonyl (C=O) groups is 1. The fourth-order valence-electron chi connectivity index (χ4n) is 1.74. The van der Waals surface area contributed by atoms with Gasteiger partial charge in [0, 0.05) is 11.9 Å². The Balaban J connectivity index is 2.64. The molecule has 4 nitrogen and oxygen atoms in total. The first kappa shape index (κ1) is 15.6. The Bertz CT molecular complexity index is 423. The topological polar surface area (TPSA) is 47.6 Å². The average molecular weight is 286 g/mol. The van der Waals surface area contributed by atoms with Gasteiger partial charge in [-0.25, -0.2) is 0 Å². The molecular weight excluding hydrogens is 266 g/mol. The summed E-state index contributed by atoms with van der Waals surface area (Å²) in [5.74, 6) is 1.80. The molecule has 0 aliphatic heterocycles. The highest BCUT2D eigenvalue weighted by molar-refractivity contribution is 6.17. The fraction of sp³-hybridized carbons (Fsp3) is 0.500. The Morgan fingerprint density at radius 1 is 1.32 bits per heavy atom. The summed E-state index contributed by atoms with van der Waals surface area (Å²) in [6.45, 7) is 1.94. The number of ether oxygens (including phenoxy) is 2. The first-order valence-corrected chi connectivity index (χ1v) is 6.70. The third-order valence-corrected chi connectivity index (χ3v) is 2.98. The Hall–Kier alpha value is -1.42. The van der Waals surface area contributed by atoms with Crippen LogP contribution in [0.4, 0.5) is 0 Å². The third-order valence-electron chi connectivity index (χ3n) is 2.76. The molecule has 0 saturated heterocycles. The molecule has 0 fully saturated rings. The zero-order valence-electron chi connectivity index (χ0n) is 11.5. The number of carbonyl (C=O) groups excluding carboxylic acids is 1. The molecule has 0 aromatic heterocycles. The normalized spacial score (nSPS) is 11.8. The molecule has 0 radical (unpaired) electrons. The maximum Gasteiger partial charge on any atom is 0.224 e. The minimum Gasteiger partial charge on any atom is -0.493 e. The van der Waals surface area contributed by atoms with Crippen LogP contribution in [0.2, 0.25) is 0 Å². The van der Waals surface area contributed by atoms with Crippen LogP contribution in [0, 0.1) is 0 Å². The van der Waals surface area contributed by atoms with Gasteiger partial charge in [-0.1, -0.05) is 6.07 Å². The van der Waals surface area contributed by atoms with Gasteiger partial charge in [-0.2, -0.15) is 0 Å². The van der Waals surface area contributed by atoms with Gasteiger partial charge in [0.15, 0.2) is 11.5 Å². The van der Waals surface area contributed by atoms with Crippen LogP contribution < -0.4 is 14.8 Å². The van der Waals surface area contributed by atoms with Gasteiger partial charge in [0.25, 0.3) is 0 Å². The van der Waals surface area contributed by atoms with Crippen molar-refractivity contribution in [3.05, 3.63) is 23.8 Å². The minimum absolute atomic E-state index is 0.0233. The van der Waals surface area contributed by atoms with Crippen LogP contribution in [0.1, 0.15) is 18.9 Å². The SMILES string of the molecule is COc1ccc(CC(=O)NC(C)CCCl)cc1OC. The fourth-order valence-corrected chi connectivity index (χ4v) is 2.07. The zero-order valence-corrected chi connectivity index (χ0v) is 12.3. The second kappa shape index (κ2) is 7.89. The molecular formula is C14H20ClNO3. The summed E-state index contributed by atoms with van der Waals surface area (Å²) in [5, 5.41) is 2.90. The summed E-state index contributed by atoms with van der Waals surface area (Å²) >= 11 is 5.63. The molecule has 0 bridgehead atoms. The molecule has 0 saturated carbocycles. The van der Waals surface area contributed by atoms with Crippen molar-refractivity contribution in [3.8, 4) is 11.5 Å². The molecule has 1 unspecified atom stereocenters. The first-order valence-electron chi connectivity index (χ1n) is 6.17. The van der Waals surface area contributed by atoms with Crippen LogP contribution in [0.25, 0.3) is 0 Å². The number of rotatable bonds is 7. The lowest BCUT2D eigenvalue weighted by Gasteiger charge is -2.13. The highest BCUT2D eigenvalue weighted by Gasteiger charge is 2.10. The van der Waals surface area contributed by atoms with E-state index in [-0.39, 0.29) is 11.9 Å². The lowest BCUT2D eigenvalue weighted by atomic mass is 10.1. The number of hydrogen-bond acceptors (Lipinski definition) is 3. The molecule has 1 rings (SSSR count). The average Bonchev–Trinajstić information content (AvgIpc) is 2.38. The molecule has 106 valence electrons. The van der Waals surface area contributed by atoms with Crippen molar-refractivity contribution in [2.45, 2.75) is 25.8 Å². The van der Waals surface area contributed by atoms with Crippen LogP contribution in [0.15, 0.2) is 18.2 Å². The number of methoxy groups -OCH3 is 2. The van der Waals surface area contributed by atoms with E-state index >= 15 is 0 Å². The lowest BCUT2D eigenvalue weighted by molar-refractivity contribution is -0.121. The van der Waals surface area contributed by atoms with Gasteiger partial charge in [-0.15, -0.1) is 11.6 Å². The largest absolute Gasteiger partial charge is 0.493 e. The van der Waals surface area contributed by atoms with Gasteiger partial charge in [0.1, 0.15) is 0 Å². The first-order chi connectivity index (χ1) is 9.10. The van der Waals surface area contributed by atoms with Crippen molar-refractivity contribution in [2.75, 3.05) is 20.1 Å². The Labute approximate surface area is 119 Å². The Morgan fingerprint density at radius 2 is 2.00 bits per heavy atom. The standard InChI is InChI=1S/C14H20ClNO3/c1-10(6-7-15)16-14(17)9-11-4-5-12(18-2)13(8-11)19-3/h4-5,8,10H,6-7,9H2,1-3H3,(H,16,17). The third kappa shape index (κ3) is 4.99. The number of alkyl halides is 1. The van der Waals surface area contributed by atoms with Crippen molar-refractivity contribution in [1.82, 2.24) is 5.32 Å². The second-order valence-corrected chi connectivity index (χ2v) is 4.69. The summed E-state index contributed by atoms with van der Waals surface area (Å²) < 4.78 is 10.4. The summed E-state index contributed by atoms with van der Waals surface area (Å²) in [7, 11) is 3.16. The highest BCUT2D eigenvalue weighted by atomic mass is 35.5. The van der Waals surface area contributed by atoms with E-state index in [1.165, 1.54) is 0 Å². The molecule has 0 spiro atoms. The van der Waals surface area contributed by atoms with E-state index in [4.69, 9.17) is 21.1 Å². The summed E-state index contributed by atoms with van der Waals surface area (Å²) in [4.78, 5) is 11.8. The number of hydrogen-bond donors (Lipinski definition) is 1. The van der Waals surface area contributed by atoms with Gasteiger partial charge in [0.2, 0.25) is 5.91 Å². The number of nitrogens with one attached hydrogen (secondary N) is 1. The van der Waals surface area contributed by atoms with E-state index in [2.05, 4.69) is 5.32 Å². The maximum absolute atomic E-state index is 11.8. The zero-order chi connectivity index (χ0) is 14.3. The Kier molecular flexibility index (Phi) is 6.50. The molecule has 19 heavy (non-hydrogen) atoms. The molecule has 0 aliphatic carbocycles. The number of benzene rings is 1. The molecule has 1 aromatic rings. The molecule has 1 amide bonds. The van der Waals surface area contributed by atoms with E-state index in [0.29, 0.717) is 23.8 Å². The predicted molar refractivity (Wildman–Crippen MR) is 76.2 cm³/mol. The van der Waals surface area contributed by atoms with Crippen molar-refractivity contribution < 1.29 is 14.3 Å². The van der Waals surface area contributed by atoms with Crippen LogP contribution in [0.3, 0.4) is 0 Å². The molecule has 5 heteroatoms. The molecule has 1 atom stereocenters. The van der Waals surface area contributed by atoms with E-state index in [0.717, 1.165) is 12.0 Å². The van der Waals surface area contributed by atoms with Crippen LogP contribution >= 0.6 is 11.6 Å². The van der Waals surface area contributed by atoms with Gasteiger partial charge >= 0.3 is 0 Å². The number of halogens is 1. The smallest absolute Gasteiger partial charge is 0.224 e. The van der Waals surface area contributed by atoms with Crippen molar-refractivity contribution >= 4 is 17.5 Å². The Morgan fingerprint density at radius 3 is 2.58 bits per heavy atom. The summed E-state index contributed by atoms with van der Waals surface area (Å²) in [6.07, 6.45) is 1.08. The number of amides is 1. The van der Waals surface area contributed by atoms with Gasteiger partial charge in [-0.3, -0.25) is 4.79 Å². The lowest BCUT2D eigenvalue weighted by Crippen LogP contribution is -2.33. The van der Waals surface area contributed by atoms with Gasteiger partial charge in [0.05, 0.1) is 20.6 Å². The molecule has 1 aromatic carbocycles. The van der Waals surface area contributed by atoms with E-state index in [9.17, 15) is 4.79 Å². The quantitative estimate of drug-likeness (QED) is 0.783. The van der Waals surface area contributed by atoms with Crippen molar-refractivity contribution in [3.63, 3.8) is 0 Å². The van der Waals surface area contributed by atoms with E-state index < -0.39 is 0 Å². The second-order valence-electron chi connectivity index (χ2n) is 4.31. The predicted octanol–water partition coefficient (Wildman–Crippen LogP) is 2.38.